The molecule has 0 aliphatic carbocycles. The standard InChI is InChI=1S/C15H20N2S/c1-3-16-14(13-7-5-4-6-8-13)9-10-15-17-12(2)11-18-15/h4-8,11,14,16H,3,9-10H2,1-2H3. The zero-order valence-electron chi connectivity index (χ0n) is 11.0. The Morgan fingerprint density at radius 2 is 2.06 bits per heavy atom. The molecule has 0 spiro atoms. The van der Waals surface area contributed by atoms with Crippen LogP contribution in [0.3, 0.4) is 0 Å². The van der Waals surface area contributed by atoms with E-state index in [-0.39, 0.29) is 0 Å². The first-order valence-electron chi connectivity index (χ1n) is 6.49. The molecule has 0 bridgehead atoms. The maximum atomic E-state index is 4.53. The molecule has 96 valence electrons. The quantitative estimate of drug-likeness (QED) is 0.856. The van der Waals surface area contributed by atoms with Gasteiger partial charge in [-0.2, -0.15) is 0 Å². The smallest absolute Gasteiger partial charge is 0.0928 e. The van der Waals surface area contributed by atoms with Crippen LogP contribution in [0, 0.1) is 6.92 Å². The maximum absolute atomic E-state index is 4.53. The third-order valence-corrected chi connectivity index (χ3v) is 3.99. The lowest BCUT2D eigenvalue weighted by atomic mass is 10.0. The van der Waals surface area contributed by atoms with E-state index in [1.165, 1.54) is 10.6 Å². The van der Waals surface area contributed by atoms with E-state index in [0.29, 0.717) is 6.04 Å². The molecule has 18 heavy (non-hydrogen) atoms. The van der Waals surface area contributed by atoms with Gasteiger partial charge in [-0.25, -0.2) is 4.98 Å². The second kappa shape index (κ2) is 6.66. The van der Waals surface area contributed by atoms with Crippen LogP contribution in [0.2, 0.25) is 0 Å². The molecule has 1 atom stereocenters. The highest BCUT2D eigenvalue weighted by molar-refractivity contribution is 7.09. The Kier molecular flexibility index (Phi) is 4.90. The highest BCUT2D eigenvalue weighted by atomic mass is 32.1. The van der Waals surface area contributed by atoms with Gasteiger partial charge in [-0.05, 0) is 25.5 Å². The van der Waals surface area contributed by atoms with Crippen molar-refractivity contribution in [2.24, 2.45) is 0 Å². The predicted molar refractivity (Wildman–Crippen MR) is 78.0 cm³/mol. The molecule has 1 N–H and O–H groups in total. The van der Waals surface area contributed by atoms with Gasteiger partial charge in [0.2, 0.25) is 0 Å². The number of thiazole rings is 1. The summed E-state index contributed by atoms with van der Waals surface area (Å²) in [7, 11) is 0. The molecule has 1 aromatic carbocycles. The van der Waals surface area contributed by atoms with Gasteiger partial charge in [0.15, 0.2) is 0 Å². The first kappa shape index (κ1) is 13.2. The number of nitrogens with zero attached hydrogens (tertiary/aromatic N) is 1. The molecule has 2 rings (SSSR count). The Bertz CT molecular complexity index is 464. The summed E-state index contributed by atoms with van der Waals surface area (Å²) >= 11 is 1.77. The molecule has 1 heterocycles. The third kappa shape index (κ3) is 3.65. The lowest BCUT2D eigenvalue weighted by Gasteiger charge is -2.17. The van der Waals surface area contributed by atoms with Gasteiger partial charge in [0.25, 0.3) is 0 Å². The molecule has 0 aliphatic rings. The molecule has 3 heteroatoms. The summed E-state index contributed by atoms with van der Waals surface area (Å²) in [6.07, 6.45) is 2.15. The second-order valence-electron chi connectivity index (χ2n) is 4.44. The highest BCUT2D eigenvalue weighted by Crippen LogP contribution is 2.20. The number of nitrogens with one attached hydrogen (secondary N) is 1. The van der Waals surface area contributed by atoms with Crippen LogP contribution >= 0.6 is 11.3 Å². The number of hydrogen-bond acceptors (Lipinski definition) is 3. The van der Waals surface area contributed by atoms with E-state index in [1.807, 2.05) is 0 Å². The van der Waals surface area contributed by atoms with Crippen molar-refractivity contribution in [3.8, 4) is 0 Å². The Morgan fingerprint density at radius 1 is 1.28 bits per heavy atom. The van der Waals surface area contributed by atoms with E-state index < -0.39 is 0 Å². The van der Waals surface area contributed by atoms with E-state index in [4.69, 9.17) is 0 Å². The van der Waals surface area contributed by atoms with E-state index in [0.717, 1.165) is 25.1 Å². The summed E-state index contributed by atoms with van der Waals surface area (Å²) in [6, 6.07) is 11.1. The minimum absolute atomic E-state index is 0.431. The van der Waals surface area contributed by atoms with E-state index in [2.05, 4.69) is 59.9 Å². The fourth-order valence-corrected chi connectivity index (χ4v) is 2.90. The van der Waals surface area contributed by atoms with Crippen LogP contribution in [-0.4, -0.2) is 11.5 Å². The zero-order chi connectivity index (χ0) is 12.8. The maximum Gasteiger partial charge on any atom is 0.0928 e. The van der Waals surface area contributed by atoms with Crippen molar-refractivity contribution in [2.45, 2.75) is 32.7 Å². The Hall–Kier alpha value is -1.19. The molecule has 0 amide bonds. The molecule has 1 unspecified atom stereocenters. The number of aryl methyl sites for hydroxylation is 2. The summed E-state index contributed by atoms with van der Waals surface area (Å²) in [6.45, 7) is 5.21. The molecular formula is C15H20N2S. The molecule has 0 aliphatic heterocycles. The third-order valence-electron chi connectivity index (χ3n) is 2.97. The second-order valence-corrected chi connectivity index (χ2v) is 5.38. The molecular weight excluding hydrogens is 240 g/mol. The number of hydrogen-bond donors (Lipinski definition) is 1. The number of aromatic nitrogens is 1. The summed E-state index contributed by atoms with van der Waals surface area (Å²) in [5.41, 5.74) is 2.50. The van der Waals surface area contributed by atoms with Crippen molar-refractivity contribution in [3.05, 3.63) is 52.0 Å². The Labute approximate surface area is 113 Å². The first-order chi connectivity index (χ1) is 8.79. The summed E-state index contributed by atoms with van der Waals surface area (Å²) < 4.78 is 0. The van der Waals surface area contributed by atoms with Crippen molar-refractivity contribution in [1.82, 2.24) is 10.3 Å². The van der Waals surface area contributed by atoms with E-state index in [9.17, 15) is 0 Å². The van der Waals surface area contributed by atoms with Crippen LogP contribution in [-0.2, 0) is 6.42 Å². The van der Waals surface area contributed by atoms with Crippen molar-refractivity contribution in [2.75, 3.05) is 6.54 Å². The fourth-order valence-electron chi connectivity index (χ4n) is 2.10. The van der Waals surface area contributed by atoms with Crippen LogP contribution in [0.4, 0.5) is 0 Å². The SMILES string of the molecule is CCNC(CCc1nc(C)cs1)c1ccccc1. The fraction of sp³-hybridized carbons (Fsp3) is 0.400. The molecule has 2 aromatic rings. The number of rotatable bonds is 6. The topological polar surface area (TPSA) is 24.9 Å². The van der Waals surface area contributed by atoms with Crippen LogP contribution in [0.25, 0.3) is 0 Å². The largest absolute Gasteiger partial charge is 0.310 e. The molecule has 1 aromatic heterocycles. The van der Waals surface area contributed by atoms with Gasteiger partial charge in [-0.3, -0.25) is 0 Å². The van der Waals surface area contributed by atoms with Crippen LogP contribution in [0.1, 0.15) is 35.7 Å². The highest BCUT2D eigenvalue weighted by Gasteiger charge is 2.10. The summed E-state index contributed by atoms with van der Waals surface area (Å²) in [4.78, 5) is 4.53. The Morgan fingerprint density at radius 3 is 2.67 bits per heavy atom. The van der Waals surface area contributed by atoms with Gasteiger partial charge in [0.1, 0.15) is 0 Å². The molecule has 0 radical (unpaired) electrons. The summed E-state index contributed by atoms with van der Waals surface area (Å²) in [5, 5.41) is 6.92. The minimum atomic E-state index is 0.431. The lowest BCUT2D eigenvalue weighted by molar-refractivity contribution is 0.515. The van der Waals surface area contributed by atoms with Gasteiger partial charge >= 0.3 is 0 Å². The summed E-state index contributed by atoms with van der Waals surface area (Å²) in [5.74, 6) is 0. The first-order valence-corrected chi connectivity index (χ1v) is 7.37. The van der Waals surface area contributed by atoms with Crippen molar-refractivity contribution in [1.29, 1.82) is 0 Å². The van der Waals surface area contributed by atoms with Crippen molar-refractivity contribution >= 4 is 11.3 Å². The van der Waals surface area contributed by atoms with Crippen molar-refractivity contribution in [3.63, 3.8) is 0 Å². The monoisotopic (exact) mass is 260 g/mol. The normalized spacial score (nSPS) is 12.6. The van der Waals surface area contributed by atoms with Gasteiger partial charge in [0, 0.05) is 23.5 Å². The Balaban J connectivity index is 1.98. The molecule has 0 saturated carbocycles. The van der Waals surface area contributed by atoms with E-state index >= 15 is 0 Å². The average Bonchev–Trinajstić information content (AvgIpc) is 2.81. The molecule has 2 nitrogen and oxygen atoms in total. The minimum Gasteiger partial charge on any atom is -0.310 e. The van der Waals surface area contributed by atoms with Gasteiger partial charge in [-0.15, -0.1) is 11.3 Å². The average molecular weight is 260 g/mol. The van der Waals surface area contributed by atoms with Crippen LogP contribution in [0.5, 0.6) is 0 Å². The van der Waals surface area contributed by atoms with Crippen LogP contribution < -0.4 is 5.32 Å². The van der Waals surface area contributed by atoms with Crippen LogP contribution in [0.15, 0.2) is 35.7 Å². The predicted octanol–water partition coefficient (Wildman–Crippen LogP) is 3.73. The van der Waals surface area contributed by atoms with Gasteiger partial charge < -0.3 is 5.32 Å². The zero-order valence-corrected chi connectivity index (χ0v) is 11.8. The number of benzene rings is 1. The van der Waals surface area contributed by atoms with Gasteiger partial charge in [-0.1, -0.05) is 37.3 Å². The van der Waals surface area contributed by atoms with E-state index in [1.54, 1.807) is 11.3 Å². The van der Waals surface area contributed by atoms with Crippen molar-refractivity contribution < 1.29 is 0 Å². The lowest BCUT2D eigenvalue weighted by Crippen LogP contribution is -2.21. The molecule has 0 fully saturated rings. The molecule has 0 saturated heterocycles. The van der Waals surface area contributed by atoms with Gasteiger partial charge in [0.05, 0.1) is 5.01 Å².